The van der Waals surface area contributed by atoms with Crippen molar-refractivity contribution >= 4 is 15.9 Å². The molecule has 0 heterocycles. The second-order valence-electron chi connectivity index (χ2n) is 7.89. The maximum Gasteiger partial charge on any atom is 0.0211 e. The highest BCUT2D eigenvalue weighted by molar-refractivity contribution is 9.10. The lowest BCUT2D eigenvalue weighted by atomic mass is 9.51. The summed E-state index contributed by atoms with van der Waals surface area (Å²) < 4.78 is 1.18. The number of rotatable bonds is 4. The van der Waals surface area contributed by atoms with Gasteiger partial charge in [-0.1, -0.05) is 65.3 Å². The van der Waals surface area contributed by atoms with Gasteiger partial charge in [0.2, 0.25) is 0 Å². The summed E-state index contributed by atoms with van der Waals surface area (Å²) in [6, 6.07) is 19.9. The third-order valence-electron chi connectivity index (χ3n) is 6.68. The van der Waals surface area contributed by atoms with Crippen LogP contribution in [0.4, 0.5) is 0 Å². The Morgan fingerprint density at radius 1 is 0.958 bits per heavy atom. The number of hydrogen-bond donors (Lipinski definition) is 1. The van der Waals surface area contributed by atoms with E-state index in [1.54, 1.807) is 5.56 Å². The SMILES string of the molecule is CC1CC2(c3ccc(Br)cc3)CCC1(NCc1ccccc1)CC2. The average molecular weight is 384 g/mol. The molecule has 1 unspecified atom stereocenters. The molecule has 1 N–H and O–H groups in total. The van der Waals surface area contributed by atoms with E-state index in [0.717, 1.165) is 12.5 Å². The molecule has 3 aliphatic carbocycles. The fraction of sp³-hybridized carbons (Fsp3) is 0.455. The summed E-state index contributed by atoms with van der Waals surface area (Å²) in [6.07, 6.45) is 6.56. The number of halogens is 1. The summed E-state index contributed by atoms with van der Waals surface area (Å²) in [4.78, 5) is 0. The van der Waals surface area contributed by atoms with Crippen LogP contribution in [0.2, 0.25) is 0 Å². The molecule has 0 aliphatic heterocycles. The van der Waals surface area contributed by atoms with Crippen molar-refractivity contribution in [1.29, 1.82) is 0 Å². The quantitative estimate of drug-likeness (QED) is 0.699. The van der Waals surface area contributed by atoms with E-state index in [1.165, 1.54) is 42.1 Å². The largest absolute Gasteiger partial charge is 0.307 e. The van der Waals surface area contributed by atoms with E-state index in [4.69, 9.17) is 0 Å². The maximum absolute atomic E-state index is 3.96. The molecule has 0 saturated heterocycles. The van der Waals surface area contributed by atoms with Crippen LogP contribution in [0.15, 0.2) is 59.1 Å². The molecule has 24 heavy (non-hydrogen) atoms. The lowest BCUT2D eigenvalue weighted by Crippen LogP contribution is -2.60. The van der Waals surface area contributed by atoms with Gasteiger partial charge in [-0.3, -0.25) is 0 Å². The minimum atomic E-state index is 0.340. The normalized spacial score (nSPS) is 32.0. The monoisotopic (exact) mass is 383 g/mol. The first-order valence-corrected chi connectivity index (χ1v) is 9.96. The van der Waals surface area contributed by atoms with Gasteiger partial charge < -0.3 is 5.32 Å². The zero-order valence-electron chi connectivity index (χ0n) is 14.4. The van der Waals surface area contributed by atoms with Gasteiger partial charge in [-0.05, 0) is 66.7 Å². The van der Waals surface area contributed by atoms with Crippen molar-refractivity contribution < 1.29 is 0 Å². The molecule has 1 nitrogen and oxygen atoms in total. The highest BCUT2D eigenvalue weighted by Crippen LogP contribution is 2.56. The molecule has 0 amide bonds. The van der Waals surface area contributed by atoms with Crippen LogP contribution in [-0.2, 0) is 12.0 Å². The zero-order valence-corrected chi connectivity index (χ0v) is 16.0. The van der Waals surface area contributed by atoms with E-state index in [2.05, 4.69) is 82.8 Å². The summed E-state index contributed by atoms with van der Waals surface area (Å²) in [5.74, 6) is 0.729. The number of fused-ring (bicyclic) bond motifs is 3. The molecular formula is C22H26BrN. The molecule has 2 bridgehead atoms. The van der Waals surface area contributed by atoms with Gasteiger partial charge in [-0.2, -0.15) is 0 Å². The molecule has 0 aromatic heterocycles. The van der Waals surface area contributed by atoms with E-state index in [1.807, 2.05) is 0 Å². The van der Waals surface area contributed by atoms with E-state index in [0.29, 0.717) is 11.0 Å². The highest BCUT2D eigenvalue weighted by Gasteiger charge is 2.52. The van der Waals surface area contributed by atoms with Gasteiger partial charge in [0, 0.05) is 16.6 Å². The standard InChI is InChI=1S/C22H26BrN/c1-17-15-21(19-7-9-20(23)10-8-19)11-13-22(17,14-12-21)24-16-18-5-3-2-4-6-18/h2-10,17,24H,11-16H2,1H3. The van der Waals surface area contributed by atoms with Gasteiger partial charge in [0.15, 0.2) is 0 Å². The van der Waals surface area contributed by atoms with E-state index in [9.17, 15) is 0 Å². The van der Waals surface area contributed by atoms with Crippen LogP contribution in [-0.4, -0.2) is 5.54 Å². The van der Waals surface area contributed by atoms with Crippen molar-refractivity contribution in [2.24, 2.45) is 5.92 Å². The van der Waals surface area contributed by atoms with Gasteiger partial charge in [0.25, 0.3) is 0 Å². The molecule has 5 rings (SSSR count). The van der Waals surface area contributed by atoms with Gasteiger partial charge in [0.05, 0.1) is 0 Å². The Morgan fingerprint density at radius 2 is 1.62 bits per heavy atom. The van der Waals surface area contributed by atoms with Crippen molar-refractivity contribution in [3.05, 3.63) is 70.2 Å². The molecule has 2 aromatic rings. The molecular weight excluding hydrogens is 358 g/mol. The van der Waals surface area contributed by atoms with Gasteiger partial charge >= 0.3 is 0 Å². The van der Waals surface area contributed by atoms with E-state index >= 15 is 0 Å². The predicted molar refractivity (Wildman–Crippen MR) is 104 cm³/mol. The van der Waals surface area contributed by atoms with Crippen molar-refractivity contribution in [2.45, 2.75) is 56.5 Å². The minimum absolute atomic E-state index is 0.340. The number of benzene rings is 2. The minimum Gasteiger partial charge on any atom is -0.307 e. The summed E-state index contributed by atoms with van der Waals surface area (Å²) >= 11 is 3.57. The Hall–Kier alpha value is -1.12. The van der Waals surface area contributed by atoms with E-state index in [-0.39, 0.29) is 0 Å². The lowest BCUT2D eigenvalue weighted by molar-refractivity contribution is 0.0219. The van der Waals surface area contributed by atoms with Gasteiger partial charge in [0.1, 0.15) is 0 Å². The van der Waals surface area contributed by atoms with Crippen LogP contribution in [0.1, 0.15) is 50.2 Å². The van der Waals surface area contributed by atoms with Crippen molar-refractivity contribution in [3.8, 4) is 0 Å². The maximum atomic E-state index is 3.96. The van der Waals surface area contributed by atoms with Crippen molar-refractivity contribution in [3.63, 3.8) is 0 Å². The number of nitrogens with one attached hydrogen (secondary N) is 1. The second kappa shape index (κ2) is 6.31. The molecule has 2 aromatic carbocycles. The van der Waals surface area contributed by atoms with Crippen molar-refractivity contribution in [2.75, 3.05) is 0 Å². The fourth-order valence-electron chi connectivity index (χ4n) is 5.09. The van der Waals surface area contributed by atoms with Crippen LogP contribution in [0.25, 0.3) is 0 Å². The zero-order chi connectivity index (χ0) is 16.6. The van der Waals surface area contributed by atoms with Crippen LogP contribution in [0, 0.1) is 5.92 Å². The van der Waals surface area contributed by atoms with Gasteiger partial charge in [-0.25, -0.2) is 0 Å². The highest BCUT2D eigenvalue weighted by atomic mass is 79.9. The van der Waals surface area contributed by atoms with Crippen molar-refractivity contribution in [1.82, 2.24) is 5.32 Å². The molecule has 0 spiro atoms. The molecule has 0 radical (unpaired) electrons. The third kappa shape index (κ3) is 2.84. The Morgan fingerprint density at radius 3 is 2.25 bits per heavy atom. The van der Waals surface area contributed by atoms with Crippen LogP contribution >= 0.6 is 15.9 Å². The summed E-state index contributed by atoms with van der Waals surface area (Å²) in [6.45, 7) is 3.46. The average Bonchev–Trinajstić information content (AvgIpc) is 2.63. The molecule has 3 fully saturated rings. The summed E-state index contributed by atoms with van der Waals surface area (Å²) in [5.41, 5.74) is 3.70. The number of hydrogen-bond acceptors (Lipinski definition) is 1. The Balaban J connectivity index is 1.50. The van der Waals surface area contributed by atoms with Crippen LogP contribution in [0.5, 0.6) is 0 Å². The topological polar surface area (TPSA) is 12.0 Å². The Bertz CT molecular complexity index is 684. The summed E-state index contributed by atoms with van der Waals surface area (Å²) in [7, 11) is 0. The smallest absolute Gasteiger partial charge is 0.0211 e. The molecule has 3 aliphatic rings. The first-order chi connectivity index (χ1) is 11.6. The fourth-order valence-corrected chi connectivity index (χ4v) is 5.35. The molecule has 126 valence electrons. The first kappa shape index (κ1) is 16.4. The third-order valence-corrected chi connectivity index (χ3v) is 7.21. The molecule has 3 saturated carbocycles. The van der Waals surface area contributed by atoms with Gasteiger partial charge in [-0.15, -0.1) is 0 Å². The lowest BCUT2D eigenvalue weighted by Gasteiger charge is -2.58. The molecule has 1 atom stereocenters. The first-order valence-electron chi connectivity index (χ1n) is 9.17. The Labute approximate surface area is 154 Å². The molecule has 2 heteroatoms. The van der Waals surface area contributed by atoms with E-state index < -0.39 is 0 Å². The van der Waals surface area contributed by atoms with Crippen LogP contribution < -0.4 is 5.32 Å². The van der Waals surface area contributed by atoms with Crippen LogP contribution in [0.3, 0.4) is 0 Å². The Kier molecular flexibility index (Phi) is 4.30. The predicted octanol–water partition coefficient (Wildman–Crippen LogP) is 5.83. The summed E-state index contributed by atoms with van der Waals surface area (Å²) in [5, 5.41) is 3.96. The second-order valence-corrected chi connectivity index (χ2v) is 8.80.